The Hall–Kier alpha value is -2.07. The molecule has 4 rings (SSSR count). The van der Waals surface area contributed by atoms with Gasteiger partial charge in [-0.25, -0.2) is 4.79 Å². The highest BCUT2D eigenvalue weighted by molar-refractivity contribution is 5.95. The Kier molecular flexibility index (Phi) is 3.93. The number of fused-ring (bicyclic) bond motifs is 1. The molecule has 2 aliphatic rings. The van der Waals surface area contributed by atoms with Gasteiger partial charge in [-0.2, -0.15) is 0 Å². The molecule has 2 aromatic carbocycles. The fourth-order valence-electron chi connectivity index (χ4n) is 4.31. The van der Waals surface area contributed by atoms with Crippen molar-refractivity contribution in [2.24, 2.45) is 0 Å². The molecular formula is C20H24N2O2. The number of hydrogen-bond donors (Lipinski definition) is 1. The summed E-state index contributed by atoms with van der Waals surface area (Å²) in [7, 11) is 0. The number of hydrogen-bond acceptors (Lipinski definition) is 3. The van der Waals surface area contributed by atoms with E-state index in [0.717, 1.165) is 29.9 Å². The molecule has 0 unspecified atom stereocenters. The van der Waals surface area contributed by atoms with Crippen molar-refractivity contribution in [2.75, 3.05) is 24.5 Å². The van der Waals surface area contributed by atoms with E-state index in [-0.39, 0.29) is 0 Å². The van der Waals surface area contributed by atoms with Crippen LogP contribution < -0.4 is 4.90 Å². The Balaban J connectivity index is 1.54. The van der Waals surface area contributed by atoms with Crippen LogP contribution in [0.4, 0.5) is 5.69 Å². The number of nitrogens with zero attached hydrogens (tertiary/aromatic N) is 2. The van der Waals surface area contributed by atoms with Gasteiger partial charge in [0.15, 0.2) is 0 Å². The zero-order valence-corrected chi connectivity index (χ0v) is 14.1. The van der Waals surface area contributed by atoms with E-state index >= 15 is 0 Å². The van der Waals surface area contributed by atoms with Crippen molar-refractivity contribution in [3.8, 4) is 0 Å². The maximum absolute atomic E-state index is 11.1. The first-order valence-electron chi connectivity index (χ1n) is 8.89. The van der Waals surface area contributed by atoms with Crippen LogP contribution in [0, 0.1) is 0 Å². The van der Waals surface area contributed by atoms with Gasteiger partial charge in [0.2, 0.25) is 0 Å². The first-order chi connectivity index (χ1) is 11.6. The zero-order valence-electron chi connectivity index (χ0n) is 14.1. The first kappa shape index (κ1) is 15.5. The minimum absolute atomic E-state index is 0.347. The summed E-state index contributed by atoms with van der Waals surface area (Å²) in [6.07, 6.45) is 3.90. The Morgan fingerprint density at radius 3 is 2.62 bits per heavy atom. The van der Waals surface area contributed by atoms with E-state index in [1.807, 2.05) is 12.1 Å². The maximum atomic E-state index is 11.1. The van der Waals surface area contributed by atoms with Gasteiger partial charge < -0.3 is 10.0 Å². The van der Waals surface area contributed by atoms with Crippen LogP contribution in [0.25, 0.3) is 10.8 Å². The lowest BCUT2D eigenvalue weighted by Crippen LogP contribution is -2.39. The SMILES string of the molecule is C[C@H]1CCCN1[C@H]1CCN(c2ccc3cc(C(=O)O)ccc3c2)C1. The zero-order chi connectivity index (χ0) is 16.7. The van der Waals surface area contributed by atoms with Crippen LogP contribution in [0.15, 0.2) is 36.4 Å². The summed E-state index contributed by atoms with van der Waals surface area (Å²) in [6.45, 7) is 5.80. The van der Waals surface area contributed by atoms with Gasteiger partial charge in [0.1, 0.15) is 0 Å². The number of anilines is 1. The Morgan fingerprint density at radius 1 is 1.08 bits per heavy atom. The second kappa shape index (κ2) is 6.10. The molecule has 2 saturated heterocycles. The van der Waals surface area contributed by atoms with Gasteiger partial charge in [-0.05, 0) is 67.8 Å². The molecule has 126 valence electrons. The summed E-state index contributed by atoms with van der Waals surface area (Å²) in [5.41, 5.74) is 1.60. The van der Waals surface area contributed by atoms with Gasteiger partial charge in [-0.1, -0.05) is 12.1 Å². The monoisotopic (exact) mass is 324 g/mol. The van der Waals surface area contributed by atoms with Crippen LogP contribution in [0.2, 0.25) is 0 Å². The number of carbonyl (C=O) groups is 1. The number of benzene rings is 2. The highest BCUT2D eigenvalue weighted by Crippen LogP contribution is 2.30. The van der Waals surface area contributed by atoms with E-state index < -0.39 is 5.97 Å². The number of aromatic carboxylic acids is 1. The Morgan fingerprint density at radius 2 is 1.88 bits per heavy atom. The van der Waals surface area contributed by atoms with Crippen LogP contribution in [-0.2, 0) is 0 Å². The second-order valence-electron chi connectivity index (χ2n) is 7.17. The van der Waals surface area contributed by atoms with E-state index in [9.17, 15) is 4.79 Å². The minimum Gasteiger partial charge on any atom is -0.478 e. The predicted octanol–water partition coefficient (Wildman–Crippen LogP) is 3.60. The molecule has 2 fully saturated rings. The molecule has 2 atom stereocenters. The third-order valence-electron chi connectivity index (χ3n) is 5.67. The van der Waals surface area contributed by atoms with Gasteiger partial charge in [0.05, 0.1) is 5.56 Å². The van der Waals surface area contributed by atoms with Crippen LogP contribution in [-0.4, -0.2) is 47.7 Å². The van der Waals surface area contributed by atoms with Crippen molar-refractivity contribution in [3.63, 3.8) is 0 Å². The van der Waals surface area contributed by atoms with E-state index in [1.54, 1.807) is 12.1 Å². The lowest BCUT2D eigenvalue weighted by molar-refractivity contribution is 0.0697. The Bertz CT molecular complexity index is 773. The average Bonchev–Trinajstić information content (AvgIpc) is 3.22. The van der Waals surface area contributed by atoms with Gasteiger partial charge in [-0.3, -0.25) is 4.90 Å². The molecule has 4 nitrogen and oxygen atoms in total. The summed E-state index contributed by atoms with van der Waals surface area (Å²) >= 11 is 0. The molecular weight excluding hydrogens is 300 g/mol. The molecule has 1 N–H and O–H groups in total. The van der Waals surface area contributed by atoms with E-state index in [2.05, 4.69) is 28.9 Å². The summed E-state index contributed by atoms with van der Waals surface area (Å²) in [5.74, 6) is -0.872. The predicted molar refractivity (Wildman–Crippen MR) is 96.9 cm³/mol. The third-order valence-corrected chi connectivity index (χ3v) is 5.67. The standard InChI is InChI=1S/C20H24N2O2/c1-14-3-2-9-22(14)19-8-10-21(13-19)18-7-6-15-11-17(20(23)24)5-4-16(15)12-18/h4-7,11-12,14,19H,2-3,8-10,13H2,1H3,(H,23,24)/t14-,19-/m0/s1. The van der Waals surface area contributed by atoms with Crippen molar-refractivity contribution in [2.45, 2.75) is 38.3 Å². The smallest absolute Gasteiger partial charge is 0.335 e. The van der Waals surface area contributed by atoms with Crippen molar-refractivity contribution < 1.29 is 9.90 Å². The number of carboxylic acid groups (broad SMARTS) is 1. The number of carboxylic acids is 1. The third kappa shape index (κ3) is 2.75. The van der Waals surface area contributed by atoms with Crippen molar-refractivity contribution in [1.29, 1.82) is 0 Å². The molecule has 0 spiro atoms. The van der Waals surface area contributed by atoms with Crippen LogP contribution in [0.1, 0.15) is 36.5 Å². The summed E-state index contributed by atoms with van der Waals surface area (Å²) in [6, 6.07) is 13.1. The van der Waals surface area contributed by atoms with Crippen LogP contribution in [0.5, 0.6) is 0 Å². The largest absolute Gasteiger partial charge is 0.478 e. The van der Waals surface area contributed by atoms with Crippen molar-refractivity contribution in [1.82, 2.24) is 4.90 Å². The number of rotatable bonds is 3. The molecule has 2 aliphatic heterocycles. The van der Waals surface area contributed by atoms with Crippen LogP contribution >= 0.6 is 0 Å². The molecule has 0 amide bonds. The molecule has 0 bridgehead atoms. The number of likely N-dealkylation sites (tertiary alicyclic amines) is 1. The topological polar surface area (TPSA) is 43.8 Å². The molecule has 24 heavy (non-hydrogen) atoms. The molecule has 0 saturated carbocycles. The highest BCUT2D eigenvalue weighted by atomic mass is 16.4. The van der Waals surface area contributed by atoms with Crippen molar-refractivity contribution >= 4 is 22.4 Å². The highest BCUT2D eigenvalue weighted by Gasteiger charge is 2.32. The van der Waals surface area contributed by atoms with Gasteiger partial charge in [0, 0.05) is 30.9 Å². The molecule has 2 aromatic rings. The van der Waals surface area contributed by atoms with Crippen molar-refractivity contribution in [3.05, 3.63) is 42.0 Å². The fourth-order valence-corrected chi connectivity index (χ4v) is 4.31. The second-order valence-corrected chi connectivity index (χ2v) is 7.17. The normalized spacial score (nSPS) is 24.8. The fraction of sp³-hybridized carbons (Fsp3) is 0.450. The maximum Gasteiger partial charge on any atom is 0.335 e. The quantitative estimate of drug-likeness (QED) is 0.937. The minimum atomic E-state index is -0.872. The summed E-state index contributed by atoms with van der Waals surface area (Å²) in [5, 5.41) is 11.2. The van der Waals surface area contributed by atoms with E-state index in [4.69, 9.17) is 5.11 Å². The van der Waals surface area contributed by atoms with E-state index in [0.29, 0.717) is 11.6 Å². The van der Waals surface area contributed by atoms with Gasteiger partial charge in [0.25, 0.3) is 0 Å². The lowest BCUT2D eigenvalue weighted by atomic mass is 10.1. The van der Waals surface area contributed by atoms with E-state index in [1.165, 1.54) is 31.5 Å². The van der Waals surface area contributed by atoms with Crippen LogP contribution in [0.3, 0.4) is 0 Å². The lowest BCUT2D eigenvalue weighted by Gasteiger charge is -2.28. The van der Waals surface area contributed by atoms with Gasteiger partial charge in [-0.15, -0.1) is 0 Å². The molecule has 0 aromatic heterocycles. The summed E-state index contributed by atoms with van der Waals surface area (Å²) < 4.78 is 0. The molecule has 0 radical (unpaired) electrons. The van der Waals surface area contributed by atoms with Gasteiger partial charge >= 0.3 is 5.97 Å². The molecule has 2 heterocycles. The first-order valence-corrected chi connectivity index (χ1v) is 8.89. The Labute approximate surface area is 142 Å². The average molecular weight is 324 g/mol. The summed E-state index contributed by atoms with van der Waals surface area (Å²) in [4.78, 5) is 16.2. The molecule has 0 aliphatic carbocycles. The molecule has 4 heteroatoms.